The van der Waals surface area contributed by atoms with Crippen LogP contribution >= 0.6 is 23.4 Å². The monoisotopic (exact) mass is 463 g/mol. The number of rotatable bonds is 5. The highest BCUT2D eigenvalue weighted by atomic mass is 35.5. The van der Waals surface area contributed by atoms with Gasteiger partial charge in [0.05, 0.1) is 5.75 Å². The normalized spacial score (nSPS) is 16.0. The third-order valence-corrected chi connectivity index (χ3v) is 6.86. The quantitative estimate of drug-likeness (QED) is 0.319. The van der Waals surface area contributed by atoms with Crippen LogP contribution in [-0.4, -0.2) is 11.7 Å². The smallest absolute Gasteiger partial charge is 0.238 e. The third-order valence-electron chi connectivity index (χ3n) is 5.43. The zero-order valence-electron chi connectivity index (χ0n) is 17.0. The van der Waals surface area contributed by atoms with Crippen molar-refractivity contribution < 1.29 is 13.9 Å². The lowest BCUT2D eigenvalue weighted by Gasteiger charge is -2.27. The molecule has 1 aliphatic rings. The van der Waals surface area contributed by atoms with Crippen LogP contribution in [0.5, 0.6) is 5.75 Å². The molecule has 1 fully saturated rings. The van der Waals surface area contributed by atoms with Crippen molar-refractivity contribution in [2.24, 2.45) is 0 Å². The van der Waals surface area contributed by atoms with E-state index < -0.39 is 0 Å². The van der Waals surface area contributed by atoms with Gasteiger partial charge in [0.15, 0.2) is 0 Å². The van der Waals surface area contributed by atoms with E-state index in [0.717, 1.165) is 27.6 Å². The fraction of sp³-hybridized carbons (Fsp3) is 0.115. The first-order valence-corrected chi connectivity index (χ1v) is 11.6. The number of anilines is 1. The Morgan fingerprint density at radius 2 is 1.81 bits per heavy atom. The highest BCUT2D eigenvalue weighted by Crippen LogP contribution is 2.47. The number of hydrogen-bond acceptors (Lipinski definition) is 3. The molecule has 5 rings (SSSR count). The average molecular weight is 464 g/mol. The number of carbonyl (C=O) groups excluding carboxylic acids is 1. The molecule has 32 heavy (non-hydrogen) atoms. The molecule has 1 heterocycles. The molecule has 4 aromatic carbocycles. The Bertz CT molecular complexity index is 1290. The lowest BCUT2D eigenvalue weighted by atomic mass is 10.0. The van der Waals surface area contributed by atoms with Crippen LogP contribution in [0.25, 0.3) is 10.8 Å². The Morgan fingerprint density at radius 1 is 1.00 bits per heavy atom. The minimum absolute atomic E-state index is 0.0336. The highest BCUT2D eigenvalue weighted by Gasteiger charge is 2.36. The Kier molecular flexibility index (Phi) is 5.77. The molecule has 1 saturated heterocycles. The van der Waals surface area contributed by atoms with E-state index in [9.17, 15) is 9.18 Å². The number of fused-ring (bicyclic) bond motifs is 1. The fourth-order valence-corrected chi connectivity index (χ4v) is 5.33. The van der Waals surface area contributed by atoms with Crippen molar-refractivity contribution >= 4 is 45.7 Å². The van der Waals surface area contributed by atoms with Crippen LogP contribution in [0.4, 0.5) is 10.1 Å². The predicted molar refractivity (Wildman–Crippen MR) is 129 cm³/mol. The van der Waals surface area contributed by atoms with E-state index in [0.29, 0.717) is 16.5 Å². The van der Waals surface area contributed by atoms with Crippen LogP contribution in [-0.2, 0) is 11.4 Å². The number of nitrogens with zero attached hydrogens (tertiary/aromatic N) is 1. The number of ether oxygens (including phenoxy) is 1. The van der Waals surface area contributed by atoms with Gasteiger partial charge in [0.2, 0.25) is 5.91 Å². The molecule has 0 aromatic heterocycles. The molecule has 0 N–H and O–H groups in total. The van der Waals surface area contributed by atoms with E-state index in [1.807, 2.05) is 54.6 Å². The molecule has 0 aliphatic carbocycles. The molecule has 0 radical (unpaired) electrons. The summed E-state index contributed by atoms with van der Waals surface area (Å²) >= 11 is 7.63. The predicted octanol–water partition coefficient (Wildman–Crippen LogP) is 6.99. The minimum Gasteiger partial charge on any atom is -0.488 e. The largest absolute Gasteiger partial charge is 0.488 e. The molecular weight excluding hydrogens is 445 g/mol. The number of carbonyl (C=O) groups is 1. The van der Waals surface area contributed by atoms with E-state index in [2.05, 4.69) is 0 Å². The summed E-state index contributed by atoms with van der Waals surface area (Å²) in [4.78, 5) is 14.7. The summed E-state index contributed by atoms with van der Waals surface area (Å²) < 4.78 is 19.8. The summed E-state index contributed by atoms with van der Waals surface area (Å²) in [6.07, 6.45) is 0. The minimum atomic E-state index is -0.296. The van der Waals surface area contributed by atoms with Gasteiger partial charge < -0.3 is 4.74 Å². The number of hydrogen-bond donors (Lipinski definition) is 0. The molecule has 3 nitrogen and oxygen atoms in total. The zero-order chi connectivity index (χ0) is 22.1. The summed E-state index contributed by atoms with van der Waals surface area (Å²) in [6, 6.07) is 25.7. The van der Waals surface area contributed by atoms with Crippen molar-refractivity contribution in [2.45, 2.75) is 12.0 Å². The molecule has 1 aliphatic heterocycles. The maximum absolute atomic E-state index is 13.6. The molecule has 0 bridgehead atoms. The van der Waals surface area contributed by atoms with Crippen LogP contribution < -0.4 is 9.64 Å². The van der Waals surface area contributed by atoms with Crippen molar-refractivity contribution in [1.82, 2.24) is 0 Å². The topological polar surface area (TPSA) is 29.5 Å². The molecule has 160 valence electrons. The van der Waals surface area contributed by atoms with Gasteiger partial charge in [-0.05, 0) is 58.8 Å². The lowest BCUT2D eigenvalue weighted by molar-refractivity contribution is -0.115. The molecular formula is C26H19ClFNO2S. The number of amides is 1. The van der Waals surface area contributed by atoms with E-state index in [1.165, 1.54) is 12.1 Å². The summed E-state index contributed by atoms with van der Waals surface area (Å²) in [5.74, 6) is 0.793. The van der Waals surface area contributed by atoms with Gasteiger partial charge in [-0.2, -0.15) is 0 Å². The van der Waals surface area contributed by atoms with Gasteiger partial charge in [-0.1, -0.05) is 54.1 Å². The van der Waals surface area contributed by atoms with Gasteiger partial charge in [0.1, 0.15) is 23.5 Å². The Balaban J connectivity index is 1.58. The Hall–Kier alpha value is -3.02. The summed E-state index contributed by atoms with van der Waals surface area (Å²) in [7, 11) is 0. The second-order valence-electron chi connectivity index (χ2n) is 7.52. The van der Waals surface area contributed by atoms with Gasteiger partial charge in [-0.15, -0.1) is 11.8 Å². The average Bonchev–Trinajstić information content (AvgIpc) is 3.18. The summed E-state index contributed by atoms with van der Waals surface area (Å²) in [5, 5.41) is 2.46. The van der Waals surface area contributed by atoms with Gasteiger partial charge >= 0.3 is 0 Å². The standard InChI is InChI=1S/C26H19ClFNO2S/c27-19-9-11-21(12-10-19)29-24(30)16-32-26(29)25-22-7-2-1-5-18(22)8-13-23(25)31-15-17-4-3-6-20(28)14-17/h1-14,26H,15-16H2/t26-/m0/s1. The van der Waals surface area contributed by atoms with Crippen molar-refractivity contribution in [3.63, 3.8) is 0 Å². The molecule has 0 saturated carbocycles. The van der Waals surface area contributed by atoms with Gasteiger partial charge in [-0.25, -0.2) is 4.39 Å². The molecule has 1 amide bonds. The first-order valence-electron chi connectivity index (χ1n) is 10.2. The summed E-state index contributed by atoms with van der Waals surface area (Å²) in [5.41, 5.74) is 2.47. The van der Waals surface area contributed by atoms with Crippen LogP contribution in [0.1, 0.15) is 16.5 Å². The lowest BCUT2D eigenvalue weighted by Crippen LogP contribution is -2.28. The van der Waals surface area contributed by atoms with Gasteiger partial charge in [0.25, 0.3) is 0 Å². The zero-order valence-corrected chi connectivity index (χ0v) is 18.6. The maximum atomic E-state index is 13.6. The van der Waals surface area contributed by atoms with Crippen molar-refractivity contribution in [1.29, 1.82) is 0 Å². The molecule has 0 unspecified atom stereocenters. The first kappa shape index (κ1) is 20.9. The van der Waals surface area contributed by atoms with E-state index in [1.54, 1.807) is 34.9 Å². The second-order valence-corrected chi connectivity index (χ2v) is 9.03. The van der Waals surface area contributed by atoms with Gasteiger partial charge in [0, 0.05) is 16.3 Å². The van der Waals surface area contributed by atoms with Crippen LogP contribution in [0.3, 0.4) is 0 Å². The van der Waals surface area contributed by atoms with Crippen molar-refractivity contribution in [3.8, 4) is 5.75 Å². The van der Waals surface area contributed by atoms with Crippen LogP contribution in [0.2, 0.25) is 5.02 Å². The maximum Gasteiger partial charge on any atom is 0.238 e. The first-order chi connectivity index (χ1) is 15.6. The highest BCUT2D eigenvalue weighted by molar-refractivity contribution is 8.00. The molecule has 4 aromatic rings. The van der Waals surface area contributed by atoms with Crippen molar-refractivity contribution in [2.75, 3.05) is 10.7 Å². The van der Waals surface area contributed by atoms with E-state index in [-0.39, 0.29) is 23.7 Å². The molecule has 0 spiro atoms. The van der Waals surface area contributed by atoms with E-state index >= 15 is 0 Å². The third kappa shape index (κ3) is 4.06. The van der Waals surface area contributed by atoms with Gasteiger partial charge in [-0.3, -0.25) is 9.69 Å². The van der Waals surface area contributed by atoms with Crippen molar-refractivity contribution in [3.05, 3.63) is 107 Å². The van der Waals surface area contributed by atoms with Crippen LogP contribution in [0.15, 0.2) is 84.9 Å². The Labute approximate surface area is 194 Å². The fourth-order valence-electron chi connectivity index (χ4n) is 3.96. The number of thioether (sulfide) groups is 1. The molecule has 6 heteroatoms. The number of benzene rings is 4. The van der Waals surface area contributed by atoms with Crippen LogP contribution in [0, 0.1) is 5.82 Å². The van der Waals surface area contributed by atoms with E-state index in [4.69, 9.17) is 16.3 Å². The molecule has 1 atom stereocenters. The second kappa shape index (κ2) is 8.85. The SMILES string of the molecule is O=C1CS[C@@H](c2c(OCc3cccc(F)c3)ccc3ccccc23)N1c1ccc(Cl)cc1. The number of halogens is 2. The Morgan fingerprint density at radius 3 is 2.62 bits per heavy atom. The summed E-state index contributed by atoms with van der Waals surface area (Å²) in [6.45, 7) is 0.232.